The number of fused-ring (bicyclic) bond motifs is 1. The molecule has 11 nitrogen and oxygen atoms in total. The number of hydrogen-bond acceptors (Lipinski definition) is 8. The molecule has 11 heteroatoms. The van der Waals surface area contributed by atoms with E-state index >= 15 is 0 Å². The summed E-state index contributed by atoms with van der Waals surface area (Å²) in [5.41, 5.74) is 1.02. The van der Waals surface area contributed by atoms with E-state index in [1.54, 1.807) is 26.2 Å². The van der Waals surface area contributed by atoms with E-state index in [0.717, 1.165) is 10.9 Å². The molecule has 0 atom stereocenters. The third-order valence-corrected chi connectivity index (χ3v) is 4.84. The molecule has 0 radical (unpaired) electrons. The van der Waals surface area contributed by atoms with Crippen molar-refractivity contribution in [1.29, 1.82) is 0 Å². The Hall–Kier alpha value is -4.54. The minimum atomic E-state index is -0.663. The molecule has 2 N–H and O–H groups in total. The van der Waals surface area contributed by atoms with Crippen LogP contribution in [0.3, 0.4) is 0 Å². The van der Waals surface area contributed by atoms with Crippen LogP contribution in [0.2, 0.25) is 0 Å². The van der Waals surface area contributed by atoms with E-state index in [-0.39, 0.29) is 23.7 Å². The van der Waals surface area contributed by atoms with Gasteiger partial charge in [-0.05, 0) is 37.6 Å². The highest BCUT2D eigenvalue weighted by Gasteiger charge is 2.24. The maximum atomic E-state index is 12.8. The number of carbonyl (C=O) groups is 2. The number of ether oxygens (including phenoxy) is 2. The minimum absolute atomic E-state index is 0.0363. The van der Waals surface area contributed by atoms with Gasteiger partial charge in [0.1, 0.15) is 22.5 Å². The van der Waals surface area contributed by atoms with Crippen molar-refractivity contribution in [2.24, 2.45) is 0 Å². The fourth-order valence-corrected chi connectivity index (χ4v) is 3.29. The highest BCUT2D eigenvalue weighted by Crippen LogP contribution is 2.29. The number of nitrogens with zero attached hydrogens (tertiary/aromatic N) is 4. The van der Waals surface area contributed by atoms with Crippen LogP contribution in [0.1, 0.15) is 33.3 Å². The van der Waals surface area contributed by atoms with Gasteiger partial charge >= 0.3 is 5.97 Å². The fourth-order valence-electron chi connectivity index (χ4n) is 3.29. The van der Waals surface area contributed by atoms with Gasteiger partial charge in [0.25, 0.3) is 11.5 Å². The smallest absolute Gasteiger partial charge is 0.343 e. The van der Waals surface area contributed by atoms with E-state index < -0.39 is 17.4 Å². The zero-order chi connectivity index (χ0) is 23.5. The van der Waals surface area contributed by atoms with Crippen LogP contribution in [0, 0.1) is 6.92 Å². The SMILES string of the molecule is CCOC(=O)c1cnn(-c2cc(C)c3cccc(OC)c3n2)c1NC(=O)c1ccc(=O)[nH]n1. The lowest BCUT2D eigenvalue weighted by molar-refractivity contribution is 0.0527. The Labute approximate surface area is 187 Å². The van der Waals surface area contributed by atoms with Crippen molar-refractivity contribution in [2.45, 2.75) is 13.8 Å². The van der Waals surface area contributed by atoms with Gasteiger partial charge in [0.2, 0.25) is 0 Å². The summed E-state index contributed by atoms with van der Waals surface area (Å²) in [6, 6.07) is 9.79. The van der Waals surface area contributed by atoms with Crippen molar-refractivity contribution in [3.63, 3.8) is 0 Å². The highest BCUT2D eigenvalue weighted by molar-refractivity contribution is 6.06. The summed E-state index contributed by atoms with van der Waals surface area (Å²) < 4.78 is 11.9. The van der Waals surface area contributed by atoms with E-state index in [1.165, 1.54) is 23.0 Å². The zero-order valence-electron chi connectivity index (χ0n) is 18.1. The molecule has 1 aromatic carbocycles. The van der Waals surface area contributed by atoms with Crippen LogP contribution in [0.15, 0.2) is 47.4 Å². The van der Waals surface area contributed by atoms with Crippen molar-refractivity contribution in [2.75, 3.05) is 19.0 Å². The molecule has 0 fully saturated rings. The maximum absolute atomic E-state index is 12.8. The number of anilines is 1. The van der Waals surface area contributed by atoms with Crippen LogP contribution < -0.4 is 15.6 Å². The number of benzene rings is 1. The Morgan fingerprint density at radius 3 is 2.73 bits per heavy atom. The molecular formula is C22H20N6O5. The van der Waals surface area contributed by atoms with Crippen molar-refractivity contribution in [1.82, 2.24) is 25.0 Å². The molecule has 0 saturated carbocycles. The maximum Gasteiger partial charge on any atom is 0.343 e. The molecule has 0 unspecified atom stereocenters. The number of aromatic amines is 1. The minimum Gasteiger partial charge on any atom is -0.494 e. The van der Waals surface area contributed by atoms with Crippen LogP contribution in [-0.2, 0) is 4.74 Å². The molecule has 0 aliphatic rings. The number of H-pyrrole nitrogens is 1. The summed E-state index contributed by atoms with van der Waals surface area (Å²) in [6.07, 6.45) is 1.29. The number of carbonyl (C=O) groups excluding carboxylic acids is 2. The topological polar surface area (TPSA) is 141 Å². The molecule has 1 amide bonds. The van der Waals surface area contributed by atoms with Crippen molar-refractivity contribution in [3.8, 4) is 11.6 Å². The lowest BCUT2D eigenvalue weighted by Gasteiger charge is -2.13. The Morgan fingerprint density at radius 2 is 2.03 bits per heavy atom. The number of amides is 1. The van der Waals surface area contributed by atoms with E-state index in [9.17, 15) is 14.4 Å². The third-order valence-electron chi connectivity index (χ3n) is 4.84. The van der Waals surface area contributed by atoms with Crippen LogP contribution in [0.4, 0.5) is 5.82 Å². The number of rotatable bonds is 6. The standard InChI is InChI=1S/C22H20N6O5/c1-4-33-22(31)14-11-23-28(20(14)25-21(30)15-8-9-18(29)27-26-15)17-10-12(2)13-6-5-7-16(32-3)19(13)24-17/h5-11H,4H2,1-3H3,(H,25,30)(H,27,29). The molecule has 3 heterocycles. The number of esters is 1. The second-order valence-electron chi connectivity index (χ2n) is 6.95. The van der Waals surface area contributed by atoms with Crippen molar-refractivity contribution in [3.05, 3.63) is 69.8 Å². The van der Waals surface area contributed by atoms with Gasteiger partial charge in [0.05, 0.1) is 19.9 Å². The van der Waals surface area contributed by atoms with E-state index in [0.29, 0.717) is 17.1 Å². The summed E-state index contributed by atoms with van der Waals surface area (Å²) in [6.45, 7) is 3.72. The van der Waals surface area contributed by atoms with Gasteiger partial charge in [-0.25, -0.2) is 14.9 Å². The number of methoxy groups -OCH3 is 1. The van der Waals surface area contributed by atoms with Gasteiger partial charge in [0, 0.05) is 11.5 Å². The van der Waals surface area contributed by atoms with Crippen LogP contribution in [0.25, 0.3) is 16.7 Å². The first-order valence-electron chi connectivity index (χ1n) is 10.00. The van der Waals surface area contributed by atoms with Gasteiger partial charge in [-0.1, -0.05) is 12.1 Å². The first-order valence-corrected chi connectivity index (χ1v) is 10.00. The average Bonchev–Trinajstić information content (AvgIpc) is 3.22. The number of para-hydroxylation sites is 1. The molecule has 168 valence electrons. The molecule has 0 saturated heterocycles. The highest BCUT2D eigenvalue weighted by atomic mass is 16.5. The van der Waals surface area contributed by atoms with Gasteiger partial charge in [-0.15, -0.1) is 0 Å². The molecule has 0 aliphatic heterocycles. The number of pyridine rings is 1. The van der Waals surface area contributed by atoms with Crippen molar-refractivity contribution < 1.29 is 19.1 Å². The van der Waals surface area contributed by atoms with Crippen LogP contribution >= 0.6 is 0 Å². The number of aromatic nitrogens is 5. The quantitative estimate of drug-likeness (QED) is 0.428. The summed E-state index contributed by atoms with van der Waals surface area (Å²) in [7, 11) is 1.55. The second kappa shape index (κ2) is 8.91. The van der Waals surface area contributed by atoms with E-state index in [1.807, 2.05) is 19.1 Å². The van der Waals surface area contributed by atoms with Gasteiger partial charge < -0.3 is 14.8 Å². The predicted octanol–water partition coefficient (Wildman–Crippen LogP) is 2.25. The van der Waals surface area contributed by atoms with Crippen LogP contribution in [-0.4, -0.2) is 50.6 Å². The number of hydrogen-bond donors (Lipinski definition) is 2. The van der Waals surface area contributed by atoms with E-state index in [4.69, 9.17) is 9.47 Å². The Bertz CT molecular complexity index is 1400. The summed E-state index contributed by atoms with van der Waals surface area (Å²) in [5, 5.41) is 13.7. The van der Waals surface area contributed by atoms with Crippen molar-refractivity contribution >= 4 is 28.6 Å². The van der Waals surface area contributed by atoms with Gasteiger partial charge in [0.15, 0.2) is 11.6 Å². The molecule has 33 heavy (non-hydrogen) atoms. The Kier molecular flexibility index (Phi) is 5.85. The molecule has 4 aromatic rings. The molecule has 3 aromatic heterocycles. The molecular weight excluding hydrogens is 428 g/mol. The first-order chi connectivity index (χ1) is 15.9. The van der Waals surface area contributed by atoms with Gasteiger partial charge in [-0.3, -0.25) is 9.59 Å². The summed E-state index contributed by atoms with van der Waals surface area (Å²) in [4.78, 5) is 41.2. The molecule has 0 spiro atoms. The third kappa shape index (κ3) is 4.15. The predicted molar refractivity (Wildman–Crippen MR) is 119 cm³/mol. The Balaban J connectivity index is 1.85. The van der Waals surface area contributed by atoms with Gasteiger partial charge in [-0.2, -0.15) is 14.9 Å². The normalized spacial score (nSPS) is 10.8. The first kappa shape index (κ1) is 21.7. The lowest BCUT2D eigenvalue weighted by atomic mass is 10.1. The van der Waals surface area contributed by atoms with E-state index in [2.05, 4.69) is 25.6 Å². The molecule has 0 aliphatic carbocycles. The number of nitrogens with one attached hydrogen (secondary N) is 2. The molecule has 4 rings (SSSR count). The summed E-state index contributed by atoms with van der Waals surface area (Å²) in [5.74, 6) is -0.354. The van der Waals surface area contributed by atoms with Crippen LogP contribution in [0.5, 0.6) is 5.75 Å². The average molecular weight is 448 g/mol. The lowest BCUT2D eigenvalue weighted by Crippen LogP contribution is -2.21. The largest absolute Gasteiger partial charge is 0.494 e. The summed E-state index contributed by atoms with van der Waals surface area (Å²) >= 11 is 0. The number of aryl methyl sites for hydroxylation is 1. The zero-order valence-corrected chi connectivity index (χ0v) is 18.1. The second-order valence-corrected chi connectivity index (χ2v) is 6.95. The molecule has 0 bridgehead atoms. The fraction of sp³-hybridized carbons (Fsp3) is 0.182. The monoisotopic (exact) mass is 448 g/mol. The Morgan fingerprint density at radius 1 is 1.21 bits per heavy atom.